The number of hydrogen-bond donors (Lipinski definition) is 0. The number of rotatable bonds is 2. The average Bonchev–Trinajstić information content (AvgIpc) is 2.41. The number of benzene rings is 2. The topological polar surface area (TPSA) is 34.1 Å². The summed E-state index contributed by atoms with van der Waals surface area (Å²) in [5, 5.41) is 0. The Kier molecular flexibility index (Phi) is 5.52. The second-order valence-corrected chi connectivity index (χ2v) is 4.06. The van der Waals surface area contributed by atoms with Gasteiger partial charge in [0.25, 0.3) is 0 Å². The second-order valence-electron chi connectivity index (χ2n) is 4.06. The van der Waals surface area contributed by atoms with Crippen molar-refractivity contribution in [2.75, 3.05) is 0 Å². The Morgan fingerprint density at radius 1 is 0.611 bits per heavy atom. The van der Waals surface area contributed by atoms with E-state index in [4.69, 9.17) is 0 Å². The summed E-state index contributed by atoms with van der Waals surface area (Å²) in [5.74, 6) is 0. The molecule has 2 aromatic rings. The first kappa shape index (κ1) is 13.8. The van der Waals surface area contributed by atoms with Gasteiger partial charge in [-0.25, -0.2) is 0 Å². The van der Waals surface area contributed by atoms with Crippen LogP contribution >= 0.6 is 0 Å². The fourth-order valence-electron chi connectivity index (χ4n) is 1.29. The lowest BCUT2D eigenvalue weighted by molar-refractivity contribution is 0.111. The lowest BCUT2D eigenvalue weighted by atomic mass is 10.2. The van der Waals surface area contributed by atoms with Crippen LogP contribution in [0.25, 0.3) is 0 Å². The molecule has 0 aromatic heterocycles. The Labute approximate surface area is 107 Å². The van der Waals surface area contributed by atoms with Crippen LogP contribution in [0.4, 0.5) is 0 Å². The molecule has 0 amide bonds. The fourth-order valence-corrected chi connectivity index (χ4v) is 1.29. The lowest BCUT2D eigenvalue weighted by Gasteiger charge is -1.89. The molecule has 18 heavy (non-hydrogen) atoms. The molecule has 2 aromatic carbocycles. The summed E-state index contributed by atoms with van der Waals surface area (Å²) in [6.07, 6.45) is 1.69. The maximum atomic E-state index is 10.1. The Morgan fingerprint density at radius 2 is 0.889 bits per heavy atom. The Hall–Kier alpha value is -2.22. The van der Waals surface area contributed by atoms with Gasteiger partial charge < -0.3 is 0 Å². The maximum absolute atomic E-state index is 10.1. The summed E-state index contributed by atoms with van der Waals surface area (Å²) < 4.78 is 0. The Morgan fingerprint density at radius 3 is 1.11 bits per heavy atom. The number of aldehydes is 2. The number of hydrogen-bond acceptors (Lipinski definition) is 2. The van der Waals surface area contributed by atoms with Gasteiger partial charge in [0, 0.05) is 11.1 Å². The van der Waals surface area contributed by atoms with Gasteiger partial charge in [0.05, 0.1) is 0 Å². The van der Waals surface area contributed by atoms with Crippen molar-refractivity contribution in [1.82, 2.24) is 0 Å². The molecule has 0 aliphatic heterocycles. The zero-order valence-corrected chi connectivity index (χ0v) is 10.6. The number of carbonyl (C=O) groups is 2. The highest BCUT2D eigenvalue weighted by Gasteiger charge is 1.85. The molecule has 0 saturated carbocycles. The highest BCUT2D eigenvalue weighted by atomic mass is 16.1. The number of aryl methyl sites for hydroxylation is 2. The van der Waals surface area contributed by atoms with E-state index >= 15 is 0 Å². The summed E-state index contributed by atoms with van der Waals surface area (Å²) in [4.78, 5) is 20.2. The molecule has 0 bridgehead atoms. The summed E-state index contributed by atoms with van der Waals surface area (Å²) >= 11 is 0. The van der Waals surface area contributed by atoms with Gasteiger partial charge in [0.2, 0.25) is 0 Å². The van der Waals surface area contributed by atoms with Gasteiger partial charge in [-0.15, -0.1) is 0 Å². The van der Waals surface area contributed by atoms with Crippen LogP contribution in [0.15, 0.2) is 48.5 Å². The van der Waals surface area contributed by atoms with Gasteiger partial charge in [-0.05, 0) is 13.8 Å². The highest BCUT2D eigenvalue weighted by molar-refractivity contribution is 5.74. The van der Waals surface area contributed by atoms with Crippen LogP contribution in [0.5, 0.6) is 0 Å². The minimum absolute atomic E-state index is 0.737. The highest BCUT2D eigenvalue weighted by Crippen LogP contribution is 1.99. The zero-order chi connectivity index (χ0) is 13.4. The van der Waals surface area contributed by atoms with E-state index in [2.05, 4.69) is 0 Å². The van der Waals surface area contributed by atoms with E-state index in [-0.39, 0.29) is 0 Å². The normalized spacial score (nSPS) is 9.00. The minimum Gasteiger partial charge on any atom is -0.298 e. The van der Waals surface area contributed by atoms with Crippen molar-refractivity contribution in [3.05, 3.63) is 70.8 Å². The molecule has 0 aliphatic rings. The molecule has 0 aliphatic carbocycles. The van der Waals surface area contributed by atoms with Crippen LogP contribution in [-0.4, -0.2) is 12.6 Å². The molecule has 0 heterocycles. The van der Waals surface area contributed by atoms with Crippen LogP contribution in [0.3, 0.4) is 0 Å². The predicted octanol–water partition coefficient (Wildman–Crippen LogP) is 3.62. The van der Waals surface area contributed by atoms with Crippen molar-refractivity contribution in [2.24, 2.45) is 0 Å². The first-order valence-corrected chi connectivity index (χ1v) is 5.69. The maximum Gasteiger partial charge on any atom is 0.150 e. The van der Waals surface area contributed by atoms with E-state index in [1.807, 2.05) is 62.4 Å². The molecule has 0 fully saturated rings. The van der Waals surface area contributed by atoms with Gasteiger partial charge >= 0.3 is 0 Å². The fraction of sp³-hybridized carbons (Fsp3) is 0.125. The van der Waals surface area contributed by atoms with Gasteiger partial charge in [-0.2, -0.15) is 0 Å². The van der Waals surface area contributed by atoms with E-state index in [1.54, 1.807) is 0 Å². The third-order valence-electron chi connectivity index (χ3n) is 2.43. The summed E-state index contributed by atoms with van der Waals surface area (Å²) in [7, 11) is 0. The first-order chi connectivity index (χ1) is 8.65. The standard InChI is InChI=1S/2C8H8O/c2*1-7-2-4-8(6-9)5-3-7/h2*2-6H,1H3. The molecule has 0 unspecified atom stereocenters. The first-order valence-electron chi connectivity index (χ1n) is 5.69. The van der Waals surface area contributed by atoms with Crippen LogP contribution in [0.2, 0.25) is 0 Å². The Bertz CT molecular complexity index is 446. The molecular formula is C16H16O2. The SMILES string of the molecule is Cc1ccc(C=O)cc1.Cc1ccc(C=O)cc1. The molecule has 0 atom stereocenters. The van der Waals surface area contributed by atoms with E-state index in [0.29, 0.717) is 0 Å². The van der Waals surface area contributed by atoms with E-state index in [1.165, 1.54) is 11.1 Å². The van der Waals surface area contributed by atoms with Gasteiger partial charge in [-0.1, -0.05) is 59.7 Å². The van der Waals surface area contributed by atoms with E-state index in [0.717, 1.165) is 23.7 Å². The molecule has 2 heteroatoms. The molecule has 0 spiro atoms. The van der Waals surface area contributed by atoms with Crippen LogP contribution < -0.4 is 0 Å². The van der Waals surface area contributed by atoms with Crippen LogP contribution in [0, 0.1) is 13.8 Å². The summed E-state index contributed by atoms with van der Waals surface area (Å²) in [6.45, 7) is 3.99. The molecule has 0 radical (unpaired) electrons. The van der Waals surface area contributed by atoms with Crippen molar-refractivity contribution < 1.29 is 9.59 Å². The monoisotopic (exact) mass is 240 g/mol. The molecule has 0 N–H and O–H groups in total. The van der Waals surface area contributed by atoms with Crippen molar-refractivity contribution in [3.8, 4) is 0 Å². The molecule has 92 valence electrons. The Balaban J connectivity index is 0.000000180. The molecule has 2 rings (SSSR count). The molecule has 0 saturated heterocycles. The predicted molar refractivity (Wildman–Crippen MR) is 73.1 cm³/mol. The van der Waals surface area contributed by atoms with Crippen LogP contribution in [-0.2, 0) is 0 Å². The van der Waals surface area contributed by atoms with Gasteiger partial charge in [-0.3, -0.25) is 9.59 Å². The van der Waals surface area contributed by atoms with Crippen molar-refractivity contribution in [3.63, 3.8) is 0 Å². The van der Waals surface area contributed by atoms with Gasteiger partial charge in [0.1, 0.15) is 12.6 Å². The minimum atomic E-state index is 0.737. The third kappa shape index (κ3) is 4.74. The third-order valence-corrected chi connectivity index (χ3v) is 2.43. The number of carbonyl (C=O) groups excluding carboxylic acids is 2. The van der Waals surface area contributed by atoms with E-state index < -0.39 is 0 Å². The second kappa shape index (κ2) is 7.17. The molecular weight excluding hydrogens is 224 g/mol. The summed E-state index contributed by atoms with van der Waals surface area (Å²) in [5.41, 5.74) is 3.84. The van der Waals surface area contributed by atoms with Crippen molar-refractivity contribution in [2.45, 2.75) is 13.8 Å². The summed E-state index contributed by atoms with van der Waals surface area (Å²) in [6, 6.07) is 14.9. The molecule has 2 nitrogen and oxygen atoms in total. The van der Waals surface area contributed by atoms with Gasteiger partial charge in [0.15, 0.2) is 0 Å². The largest absolute Gasteiger partial charge is 0.298 e. The quantitative estimate of drug-likeness (QED) is 0.751. The smallest absolute Gasteiger partial charge is 0.150 e. The zero-order valence-electron chi connectivity index (χ0n) is 10.6. The van der Waals surface area contributed by atoms with Crippen molar-refractivity contribution >= 4 is 12.6 Å². The van der Waals surface area contributed by atoms with E-state index in [9.17, 15) is 9.59 Å². The lowest BCUT2D eigenvalue weighted by Crippen LogP contribution is -1.77. The van der Waals surface area contributed by atoms with Crippen LogP contribution in [0.1, 0.15) is 31.8 Å². The average molecular weight is 240 g/mol. The van der Waals surface area contributed by atoms with Crippen molar-refractivity contribution in [1.29, 1.82) is 0 Å².